The highest BCUT2D eigenvalue weighted by Crippen LogP contribution is 2.16. The molecule has 0 heterocycles. The van der Waals surface area contributed by atoms with Crippen molar-refractivity contribution < 1.29 is 9.53 Å². The van der Waals surface area contributed by atoms with Crippen molar-refractivity contribution in [1.82, 2.24) is 4.90 Å². The van der Waals surface area contributed by atoms with Gasteiger partial charge in [0.1, 0.15) is 12.4 Å². The Labute approximate surface area is 151 Å². The van der Waals surface area contributed by atoms with Gasteiger partial charge in [-0.3, -0.25) is 4.79 Å². The number of hydrogen-bond acceptors (Lipinski definition) is 2. The Morgan fingerprint density at radius 2 is 1.48 bits per heavy atom. The van der Waals surface area contributed by atoms with Gasteiger partial charge >= 0.3 is 0 Å². The number of carbonyl (C=O) groups is 1. The fourth-order valence-electron chi connectivity index (χ4n) is 2.63. The molecule has 0 saturated carbocycles. The number of amides is 1. The molecule has 0 aromatic heterocycles. The molecule has 0 aliphatic heterocycles. The Morgan fingerprint density at radius 1 is 0.880 bits per heavy atom. The van der Waals surface area contributed by atoms with Crippen LogP contribution in [0, 0.1) is 0 Å². The molecule has 0 saturated heterocycles. The second kappa shape index (κ2) is 10.5. The molecular weight excluding hydrogens is 310 g/mol. The van der Waals surface area contributed by atoms with Crippen LogP contribution in [0.1, 0.15) is 55.5 Å². The molecule has 0 atom stereocenters. The van der Waals surface area contributed by atoms with Crippen molar-refractivity contribution in [3.05, 3.63) is 65.7 Å². The van der Waals surface area contributed by atoms with E-state index in [1.807, 2.05) is 59.5 Å². The molecule has 3 heteroatoms. The monoisotopic (exact) mass is 339 g/mol. The molecule has 3 nitrogen and oxygen atoms in total. The zero-order valence-electron chi connectivity index (χ0n) is 15.4. The molecule has 0 radical (unpaired) electrons. The summed E-state index contributed by atoms with van der Waals surface area (Å²) < 4.78 is 5.79. The molecule has 0 spiro atoms. The molecule has 2 aromatic carbocycles. The largest absolute Gasteiger partial charge is 0.489 e. The van der Waals surface area contributed by atoms with Crippen molar-refractivity contribution in [2.45, 2.75) is 46.1 Å². The summed E-state index contributed by atoms with van der Waals surface area (Å²) in [6.45, 7) is 6.51. The first-order valence-electron chi connectivity index (χ1n) is 9.30. The van der Waals surface area contributed by atoms with Gasteiger partial charge in [-0.25, -0.2) is 0 Å². The van der Waals surface area contributed by atoms with Gasteiger partial charge in [-0.1, -0.05) is 57.0 Å². The third-order valence-electron chi connectivity index (χ3n) is 4.20. The van der Waals surface area contributed by atoms with Crippen LogP contribution in [0.4, 0.5) is 0 Å². The number of ether oxygens (including phenoxy) is 1. The van der Waals surface area contributed by atoms with Gasteiger partial charge in [-0.15, -0.1) is 0 Å². The van der Waals surface area contributed by atoms with Crippen molar-refractivity contribution in [1.29, 1.82) is 0 Å². The highest BCUT2D eigenvalue weighted by molar-refractivity contribution is 5.94. The lowest BCUT2D eigenvalue weighted by Crippen LogP contribution is -2.32. The molecule has 0 fully saturated rings. The van der Waals surface area contributed by atoms with Gasteiger partial charge in [-0.2, -0.15) is 0 Å². The Kier molecular flexibility index (Phi) is 8.03. The molecule has 0 aliphatic carbocycles. The van der Waals surface area contributed by atoms with Crippen LogP contribution in [-0.2, 0) is 6.61 Å². The fraction of sp³-hybridized carbons (Fsp3) is 0.409. The fourth-order valence-corrected chi connectivity index (χ4v) is 2.63. The zero-order chi connectivity index (χ0) is 17.9. The third-order valence-corrected chi connectivity index (χ3v) is 4.20. The summed E-state index contributed by atoms with van der Waals surface area (Å²) in [6.07, 6.45) is 4.30. The van der Waals surface area contributed by atoms with Crippen LogP contribution in [0.15, 0.2) is 54.6 Å². The minimum absolute atomic E-state index is 0.122. The molecule has 25 heavy (non-hydrogen) atoms. The van der Waals surface area contributed by atoms with Gasteiger partial charge in [0.05, 0.1) is 0 Å². The molecule has 2 rings (SSSR count). The molecule has 0 bridgehead atoms. The SMILES string of the molecule is CCCCN(CCCC)C(=O)c1ccc(OCc2ccccc2)cc1. The van der Waals surface area contributed by atoms with E-state index in [1.165, 1.54) is 0 Å². The predicted molar refractivity (Wildman–Crippen MR) is 103 cm³/mol. The van der Waals surface area contributed by atoms with Crippen molar-refractivity contribution in [2.75, 3.05) is 13.1 Å². The lowest BCUT2D eigenvalue weighted by atomic mass is 10.1. The van der Waals surface area contributed by atoms with E-state index in [0.717, 1.165) is 55.6 Å². The Morgan fingerprint density at radius 3 is 2.04 bits per heavy atom. The summed E-state index contributed by atoms with van der Waals surface area (Å²) >= 11 is 0. The van der Waals surface area contributed by atoms with Gasteiger partial charge in [-0.05, 0) is 42.7 Å². The van der Waals surface area contributed by atoms with Gasteiger partial charge in [0.15, 0.2) is 0 Å². The maximum absolute atomic E-state index is 12.7. The quantitative estimate of drug-likeness (QED) is 0.587. The number of carbonyl (C=O) groups excluding carboxylic acids is 1. The van der Waals surface area contributed by atoms with E-state index in [-0.39, 0.29) is 5.91 Å². The van der Waals surface area contributed by atoms with Gasteiger partial charge in [0.25, 0.3) is 5.91 Å². The maximum Gasteiger partial charge on any atom is 0.253 e. The summed E-state index contributed by atoms with van der Waals surface area (Å²) in [4.78, 5) is 14.7. The number of nitrogens with zero attached hydrogens (tertiary/aromatic N) is 1. The van der Waals surface area contributed by atoms with Crippen molar-refractivity contribution in [3.63, 3.8) is 0 Å². The normalized spacial score (nSPS) is 10.5. The van der Waals surface area contributed by atoms with Crippen LogP contribution >= 0.6 is 0 Å². The molecule has 2 aromatic rings. The van der Waals surface area contributed by atoms with Crippen LogP contribution in [0.3, 0.4) is 0 Å². The first-order valence-corrected chi connectivity index (χ1v) is 9.30. The van der Waals surface area contributed by atoms with Gasteiger partial charge in [0, 0.05) is 18.7 Å². The molecule has 1 amide bonds. The minimum Gasteiger partial charge on any atom is -0.489 e. The summed E-state index contributed by atoms with van der Waals surface area (Å²) in [5, 5.41) is 0. The summed E-state index contributed by atoms with van der Waals surface area (Å²) in [6, 6.07) is 17.6. The highest BCUT2D eigenvalue weighted by atomic mass is 16.5. The summed E-state index contributed by atoms with van der Waals surface area (Å²) in [5.74, 6) is 0.908. The van der Waals surface area contributed by atoms with Crippen LogP contribution < -0.4 is 4.74 Å². The van der Waals surface area contributed by atoms with Crippen LogP contribution in [0.2, 0.25) is 0 Å². The van der Waals surface area contributed by atoms with E-state index in [4.69, 9.17) is 4.74 Å². The third kappa shape index (κ3) is 6.26. The minimum atomic E-state index is 0.122. The molecular formula is C22H29NO2. The number of rotatable bonds is 10. The van der Waals surface area contributed by atoms with E-state index in [1.54, 1.807) is 0 Å². The number of hydrogen-bond donors (Lipinski definition) is 0. The van der Waals surface area contributed by atoms with E-state index in [9.17, 15) is 4.79 Å². The van der Waals surface area contributed by atoms with Crippen LogP contribution in [0.25, 0.3) is 0 Å². The average Bonchev–Trinajstić information content (AvgIpc) is 2.67. The number of unbranched alkanes of at least 4 members (excludes halogenated alkanes) is 2. The Bertz CT molecular complexity index is 614. The maximum atomic E-state index is 12.7. The van der Waals surface area contributed by atoms with E-state index < -0.39 is 0 Å². The van der Waals surface area contributed by atoms with Gasteiger partial charge < -0.3 is 9.64 Å². The second-order valence-electron chi connectivity index (χ2n) is 6.30. The lowest BCUT2D eigenvalue weighted by molar-refractivity contribution is 0.0751. The summed E-state index contributed by atoms with van der Waals surface area (Å²) in [5.41, 5.74) is 1.87. The number of benzene rings is 2. The molecule has 0 unspecified atom stereocenters. The van der Waals surface area contributed by atoms with Crippen LogP contribution in [-0.4, -0.2) is 23.9 Å². The molecule has 0 N–H and O–H groups in total. The van der Waals surface area contributed by atoms with Crippen molar-refractivity contribution in [3.8, 4) is 5.75 Å². The lowest BCUT2D eigenvalue weighted by Gasteiger charge is -2.22. The van der Waals surface area contributed by atoms with Gasteiger partial charge in [0.2, 0.25) is 0 Å². The highest BCUT2D eigenvalue weighted by Gasteiger charge is 2.14. The average molecular weight is 339 g/mol. The smallest absolute Gasteiger partial charge is 0.253 e. The van der Waals surface area contributed by atoms with Crippen molar-refractivity contribution >= 4 is 5.91 Å². The predicted octanol–water partition coefficient (Wildman–Crippen LogP) is 5.31. The standard InChI is InChI=1S/C22H29NO2/c1-3-5-16-23(17-6-4-2)22(24)20-12-14-21(15-13-20)25-18-19-10-8-7-9-11-19/h7-15H,3-6,16-18H2,1-2H3. The first kappa shape index (κ1) is 19.0. The van der Waals surface area contributed by atoms with E-state index in [0.29, 0.717) is 6.61 Å². The van der Waals surface area contributed by atoms with E-state index in [2.05, 4.69) is 13.8 Å². The Hall–Kier alpha value is -2.29. The second-order valence-corrected chi connectivity index (χ2v) is 6.30. The molecule has 0 aliphatic rings. The first-order chi connectivity index (χ1) is 12.2. The summed E-state index contributed by atoms with van der Waals surface area (Å²) in [7, 11) is 0. The van der Waals surface area contributed by atoms with E-state index >= 15 is 0 Å². The topological polar surface area (TPSA) is 29.5 Å². The van der Waals surface area contributed by atoms with Crippen molar-refractivity contribution in [2.24, 2.45) is 0 Å². The Balaban J connectivity index is 1.95. The zero-order valence-corrected chi connectivity index (χ0v) is 15.4. The molecule has 134 valence electrons. The van der Waals surface area contributed by atoms with Crippen LogP contribution in [0.5, 0.6) is 5.75 Å².